The van der Waals surface area contributed by atoms with Gasteiger partial charge in [-0.05, 0) is 44.1 Å². The zero-order valence-electron chi connectivity index (χ0n) is 10.5. The van der Waals surface area contributed by atoms with Crippen molar-refractivity contribution in [3.05, 3.63) is 18.0 Å². The highest BCUT2D eigenvalue weighted by atomic mass is 15.1. The van der Waals surface area contributed by atoms with Crippen LogP contribution < -0.4 is 5.32 Å². The Kier molecular flexibility index (Phi) is 3.64. The number of H-pyrrole nitrogens is 1. The van der Waals surface area contributed by atoms with Crippen LogP contribution in [0.5, 0.6) is 0 Å². The molecule has 1 saturated carbocycles. The number of hydrogen-bond donors (Lipinski definition) is 2. The fourth-order valence-corrected chi connectivity index (χ4v) is 2.83. The van der Waals surface area contributed by atoms with Crippen LogP contribution in [0.3, 0.4) is 0 Å². The summed E-state index contributed by atoms with van der Waals surface area (Å²) in [6.07, 6.45) is 5.84. The summed E-state index contributed by atoms with van der Waals surface area (Å²) in [5.41, 5.74) is 1.19. The van der Waals surface area contributed by atoms with Gasteiger partial charge in [0.25, 0.3) is 0 Å². The van der Waals surface area contributed by atoms with Crippen molar-refractivity contribution >= 4 is 0 Å². The van der Waals surface area contributed by atoms with E-state index in [2.05, 4.69) is 36.3 Å². The maximum absolute atomic E-state index is 4.00. The van der Waals surface area contributed by atoms with Crippen molar-refractivity contribution in [1.29, 1.82) is 0 Å². The van der Waals surface area contributed by atoms with Crippen molar-refractivity contribution in [2.75, 3.05) is 0 Å². The first-order valence-corrected chi connectivity index (χ1v) is 6.42. The summed E-state index contributed by atoms with van der Waals surface area (Å²) in [5.74, 6) is 1.68. The van der Waals surface area contributed by atoms with Gasteiger partial charge in [0.05, 0.1) is 5.69 Å². The Morgan fingerprint density at radius 2 is 2.25 bits per heavy atom. The third-order valence-electron chi connectivity index (χ3n) is 3.88. The fourth-order valence-electron chi connectivity index (χ4n) is 2.83. The first-order valence-electron chi connectivity index (χ1n) is 6.42. The van der Waals surface area contributed by atoms with Crippen LogP contribution in [0.15, 0.2) is 12.3 Å². The molecule has 0 aliphatic heterocycles. The van der Waals surface area contributed by atoms with E-state index in [0.717, 1.165) is 11.8 Å². The zero-order chi connectivity index (χ0) is 11.5. The standard InChI is InChI=1S/C13H23N3/c1-9-4-5-12(10(2)8-9)15-11(3)13-6-7-14-16-13/h6-7,9-12,15H,4-5,8H2,1-3H3,(H,14,16). The van der Waals surface area contributed by atoms with Gasteiger partial charge in [0.1, 0.15) is 0 Å². The number of nitrogens with one attached hydrogen (secondary N) is 2. The van der Waals surface area contributed by atoms with Gasteiger partial charge < -0.3 is 5.32 Å². The second-order valence-corrected chi connectivity index (χ2v) is 5.40. The fraction of sp³-hybridized carbons (Fsp3) is 0.769. The van der Waals surface area contributed by atoms with Gasteiger partial charge >= 0.3 is 0 Å². The van der Waals surface area contributed by atoms with E-state index in [9.17, 15) is 0 Å². The Balaban J connectivity index is 1.89. The highest BCUT2D eigenvalue weighted by Gasteiger charge is 2.26. The second-order valence-electron chi connectivity index (χ2n) is 5.40. The lowest BCUT2D eigenvalue weighted by Crippen LogP contribution is -2.40. The molecule has 0 aromatic carbocycles. The normalized spacial score (nSPS) is 32.6. The van der Waals surface area contributed by atoms with Gasteiger partial charge in [-0.25, -0.2) is 0 Å². The topological polar surface area (TPSA) is 40.7 Å². The molecule has 1 aliphatic rings. The molecule has 2 N–H and O–H groups in total. The molecule has 1 fully saturated rings. The molecule has 1 aromatic rings. The van der Waals surface area contributed by atoms with E-state index in [-0.39, 0.29) is 0 Å². The average Bonchev–Trinajstić information content (AvgIpc) is 2.75. The molecule has 4 atom stereocenters. The molecule has 0 amide bonds. The molecule has 90 valence electrons. The molecule has 1 aromatic heterocycles. The summed E-state index contributed by atoms with van der Waals surface area (Å²) in [6, 6.07) is 3.09. The van der Waals surface area contributed by atoms with Gasteiger partial charge in [0.2, 0.25) is 0 Å². The van der Waals surface area contributed by atoms with Gasteiger partial charge in [-0.15, -0.1) is 0 Å². The molecule has 0 bridgehead atoms. The first kappa shape index (κ1) is 11.6. The van der Waals surface area contributed by atoms with Crippen molar-refractivity contribution < 1.29 is 0 Å². The van der Waals surface area contributed by atoms with Crippen LogP contribution in [0.25, 0.3) is 0 Å². The van der Waals surface area contributed by atoms with E-state index in [1.165, 1.54) is 25.0 Å². The minimum atomic E-state index is 0.378. The van der Waals surface area contributed by atoms with E-state index in [1.807, 2.05) is 12.3 Å². The molecular formula is C13H23N3. The summed E-state index contributed by atoms with van der Waals surface area (Å²) in [4.78, 5) is 0. The highest BCUT2D eigenvalue weighted by molar-refractivity contribution is 5.03. The second kappa shape index (κ2) is 5.00. The van der Waals surface area contributed by atoms with Crippen molar-refractivity contribution in [1.82, 2.24) is 15.5 Å². The number of aromatic amines is 1. The minimum Gasteiger partial charge on any atom is -0.306 e. The molecule has 3 heteroatoms. The predicted molar refractivity (Wildman–Crippen MR) is 66.1 cm³/mol. The zero-order valence-corrected chi connectivity index (χ0v) is 10.5. The SMILES string of the molecule is CC1CCC(NC(C)c2ccn[nH]2)C(C)C1. The first-order chi connectivity index (χ1) is 7.66. The number of aromatic nitrogens is 2. The lowest BCUT2D eigenvalue weighted by molar-refractivity contribution is 0.215. The summed E-state index contributed by atoms with van der Waals surface area (Å²) in [7, 11) is 0. The van der Waals surface area contributed by atoms with Crippen LogP contribution in [-0.2, 0) is 0 Å². The highest BCUT2D eigenvalue weighted by Crippen LogP contribution is 2.29. The van der Waals surface area contributed by atoms with Crippen LogP contribution in [0.1, 0.15) is 51.8 Å². The number of nitrogens with zero attached hydrogens (tertiary/aromatic N) is 1. The largest absolute Gasteiger partial charge is 0.306 e. The van der Waals surface area contributed by atoms with Gasteiger partial charge in [-0.3, -0.25) is 5.10 Å². The lowest BCUT2D eigenvalue weighted by atomic mass is 9.79. The van der Waals surface area contributed by atoms with Crippen LogP contribution in [-0.4, -0.2) is 16.2 Å². The summed E-state index contributed by atoms with van der Waals surface area (Å²) in [5, 5.41) is 10.8. The third-order valence-corrected chi connectivity index (χ3v) is 3.88. The Bertz CT molecular complexity index is 307. The maximum Gasteiger partial charge on any atom is 0.0518 e. The molecule has 0 radical (unpaired) electrons. The predicted octanol–water partition coefficient (Wildman–Crippen LogP) is 2.89. The van der Waals surface area contributed by atoms with E-state index in [1.54, 1.807) is 0 Å². The molecule has 1 heterocycles. The summed E-state index contributed by atoms with van der Waals surface area (Å²) < 4.78 is 0. The Morgan fingerprint density at radius 3 is 2.88 bits per heavy atom. The monoisotopic (exact) mass is 221 g/mol. The van der Waals surface area contributed by atoms with E-state index in [4.69, 9.17) is 0 Å². The molecule has 3 nitrogen and oxygen atoms in total. The van der Waals surface area contributed by atoms with E-state index in [0.29, 0.717) is 12.1 Å². The smallest absolute Gasteiger partial charge is 0.0518 e. The average molecular weight is 221 g/mol. The number of rotatable bonds is 3. The van der Waals surface area contributed by atoms with Crippen molar-refractivity contribution in [3.8, 4) is 0 Å². The van der Waals surface area contributed by atoms with Crippen molar-refractivity contribution in [2.24, 2.45) is 11.8 Å². The van der Waals surface area contributed by atoms with Crippen molar-refractivity contribution in [2.45, 2.75) is 52.1 Å². The van der Waals surface area contributed by atoms with Gasteiger partial charge in [0, 0.05) is 18.3 Å². The van der Waals surface area contributed by atoms with Crippen LogP contribution in [0.4, 0.5) is 0 Å². The van der Waals surface area contributed by atoms with E-state index < -0.39 is 0 Å². The van der Waals surface area contributed by atoms with Gasteiger partial charge in [0.15, 0.2) is 0 Å². The maximum atomic E-state index is 4.00. The lowest BCUT2D eigenvalue weighted by Gasteiger charge is -2.35. The Labute approximate surface area is 98.0 Å². The number of hydrogen-bond acceptors (Lipinski definition) is 2. The molecule has 1 aliphatic carbocycles. The van der Waals surface area contributed by atoms with Crippen LogP contribution >= 0.6 is 0 Å². The van der Waals surface area contributed by atoms with Crippen molar-refractivity contribution in [3.63, 3.8) is 0 Å². The van der Waals surface area contributed by atoms with E-state index >= 15 is 0 Å². The molecule has 4 unspecified atom stereocenters. The van der Waals surface area contributed by atoms with Crippen LogP contribution in [0.2, 0.25) is 0 Å². The molecule has 2 rings (SSSR count). The minimum absolute atomic E-state index is 0.378. The van der Waals surface area contributed by atoms with Gasteiger partial charge in [-0.2, -0.15) is 5.10 Å². The third kappa shape index (κ3) is 2.64. The molecule has 0 spiro atoms. The summed E-state index contributed by atoms with van der Waals surface area (Å²) >= 11 is 0. The van der Waals surface area contributed by atoms with Crippen LogP contribution in [0, 0.1) is 11.8 Å². The van der Waals surface area contributed by atoms with Gasteiger partial charge in [-0.1, -0.05) is 13.8 Å². The molecular weight excluding hydrogens is 198 g/mol. The Morgan fingerprint density at radius 1 is 1.44 bits per heavy atom. The molecule has 16 heavy (non-hydrogen) atoms. The molecule has 0 saturated heterocycles. The summed E-state index contributed by atoms with van der Waals surface area (Å²) in [6.45, 7) is 6.94. The quantitative estimate of drug-likeness (QED) is 0.824. The Hall–Kier alpha value is -0.830.